The molecule has 0 bridgehead atoms. The molecule has 3 fully saturated rings. The molecule has 4 aliphatic heterocycles. The van der Waals surface area contributed by atoms with E-state index in [1.807, 2.05) is 0 Å². The van der Waals surface area contributed by atoms with E-state index in [1.54, 1.807) is 0 Å². The zero-order chi connectivity index (χ0) is 54.5. The Kier molecular flexibility index (Phi) is 17.3. The standard InChI is InChI=1S/C51H54O25/c52-19-34-39(60)42(63)45(66)49(73-34)71-32-17-27(55)16-31-28(32)18-33(47(70-31)24-7-12-29(56)30(57)15-24)72-51-48(44(65)41(62)36(75-51)21-69-38(59)14-6-23-3-10-26(54)11-4-23)76-50-46(67)43(64)40(61)35(74-50)20-68-37(58)13-5-22-1-8-25(53)9-2-22/h1-18,34-36,39-57,60-67H,19-21H2/p+1. The van der Waals surface area contributed by atoms with Crippen molar-refractivity contribution in [1.29, 1.82) is 0 Å². The largest absolute Gasteiger partial charge is 0.571 e. The predicted molar refractivity (Wildman–Crippen MR) is 254 cm³/mol. The van der Waals surface area contributed by atoms with Gasteiger partial charge in [0.1, 0.15) is 109 Å². The molecule has 0 amide bonds. The Morgan fingerprint density at radius 2 is 1.07 bits per heavy atom. The zero-order valence-corrected chi connectivity index (χ0v) is 39.5. The van der Waals surface area contributed by atoms with Gasteiger partial charge in [-0.25, -0.2) is 9.59 Å². The summed E-state index contributed by atoms with van der Waals surface area (Å²) in [6.07, 6.45) is -23.5. The normalized spacial score (nSPS) is 31.5. The van der Waals surface area contributed by atoms with Crippen molar-refractivity contribution in [2.75, 3.05) is 19.8 Å². The van der Waals surface area contributed by atoms with Crippen molar-refractivity contribution in [2.45, 2.75) is 98.2 Å². The molecule has 25 nitrogen and oxygen atoms in total. The van der Waals surface area contributed by atoms with Crippen LogP contribution in [0.3, 0.4) is 0 Å². The highest BCUT2D eigenvalue weighted by Gasteiger charge is 2.53. The SMILES string of the molecule is O=C(C=Cc1ccc(O)cc1)OCC1OC(OC2C(OC3=Cc4c(OC5OC(CO)C(O)C(O)C5O)cc(O)cc4[OH+]C3c3ccc(O)c(O)c3)OC(COC(=O)C=Cc3ccc(O)cc3)C(O)C2O)C(O)C(O)C1O. The van der Waals surface area contributed by atoms with Gasteiger partial charge in [0.2, 0.25) is 12.6 Å². The van der Waals surface area contributed by atoms with Crippen LogP contribution >= 0.6 is 0 Å². The predicted octanol–water partition coefficient (Wildman–Crippen LogP) is -1.10. The minimum Gasteiger partial charge on any atom is -0.571 e. The van der Waals surface area contributed by atoms with Gasteiger partial charge in [-0.3, -0.25) is 0 Å². The van der Waals surface area contributed by atoms with E-state index in [9.17, 15) is 81.1 Å². The number of benzene rings is 4. The van der Waals surface area contributed by atoms with E-state index < -0.39 is 147 Å². The highest BCUT2D eigenvalue weighted by Crippen LogP contribution is 2.47. The molecule has 4 aliphatic rings. The number of fused-ring (bicyclic) bond motifs is 1. The molecule has 76 heavy (non-hydrogen) atoms. The summed E-state index contributed by atoms with van der Waals surface area (Å²) in [5.74, 6) is -4.16. The highest BCUT2D eigenvalue weighted by molar-refractivity contribution is 5.87. The van der Waals surface area contributed by atoms with Gasteiger partial charge in [0.05, 0.1) is 18.2 Å². The quantitative estimate of drug-likeness (QED) is 0.0274. The van der Waals surface area contributed by atoms with E-state index in [2.05, 4.69) is 0 Å². The molecule has 408 valence electrons. The van der Waals surface area contributed by atoms with Crippen molar-refractivity contribution in [2.24, 2.45) is 0 Å². The molecule has 16 atom stereocenters. The maximum Gasteiger partial charge on any atom is 0.330 e. The minimum absolute atomic E-state index is 0.0111. The van der Waals surface area contributed by atoms with Crippen LogP contribution in [0.25, 0.3) is 18.2 Å². The monoisotopic (exact) mass is 1070 g/mol. The van der Waals surface area contributed by atoms with Gasteiger partial charge in [-0.15, -0.1) is 0 Å². The van der Waals surface area contributed by atoms with Crippen molar-refractivity contribution in [3.8, 4) is 40.2 Å². The molecule has 0 aromatic heterocycles. The Bertz CT molecular complexity index is 2750. The summed E-state index contributed by atoms with van der Waals surface area (Å²) in [4.78, 5) is 25.6. The first-order valence-electron chi connectivity index (χ1n) is 23.4. The van der Waals surface area contributed by atoms with Crippen LogP contribution in [0.2, 0.25) is 0 Å². The lowest BCUT2D eigenvalue weighted by Gasteiger charge is -2.46. The van der Waals surface area contributed by atoms with Gasteiger partial charge in [-0.05, 0) is 65.7 Å². The second-order valence-electron chi connectivity index (χ2n) is 17.9. The number of aromatic hydroxyl groups is 6. The summed E-state index contributed by atoms with van der Waals surface area (Å²) in [6, 6.07) is 17.4. The fourth-order valence-electron chi connectivity index (χ4n) is 8.37. The third-order valence-corrected chi connectivity index (χ3v) is 12.6. The van der Waals surface area contributed by atoms with Crippen LogP contribution < -0.4 is 4.74 Å². The average Bonchev–Trinajstić information content (AvgIpc) is 3.41. The molecule has 0 aliphatic carbocycles. The van der Waals surface area contributed by atoms with Crippen LogP contribution in [-0.4, -0.2) is 200 Å². The third kappa shape index (κ3) is 12.6. The topological polar surface area (TPSA) is 404 Å². The zero-order valence-electron chi connectivity index (χ0n) is 39.5. The second kappa shape index (κ2) is 23.9. The Labute approximate surface area is 430 Å². The van der Waals surface area contributed by atoms with E-state index in [1.165, 1.54) is 78.9 Å². The molecule has 0 radical (unpaired) electrons. The number of rotatable bonds is 16. The lowest BCUT2D eigenvalue weighted by molar-refractivity contribution is -0.364. The van der Waals surface area contributed by atoms with E-state index >= 15 is 0 Å². The van der Waals surface area contributed by atoms with Crippen LogP contribution in [0.5, 0.6) is 40.2 Å². The molecule has 0 spiro atoms. The number of aliphatic hydroxyl groups excluding tert-OH is 9. The number of hydrogen-bond acceptors (Lipinski definition) is 24. The first kappa shape index (κ1) is 55.2. The van der Waals surface area contributed by atoms with Gasteiger partial charge >= 0.3 is 11.9 Å². The molecular weight excluding hydrogens is 1010 g/mol. The summed E-state index contributed by atoms with van der Waals surface area (Å²) >= 11 is 0. The Balaban J connectivity index is 1.11. The van der Waals surface area contributed by atoms with Gasteiger partial charge in [0.25, 0.3) is 11.9 Å². The number of esters is 2. The number of ether oxygens (including phenoxy) is 9. The van der Waals surface area contributed by atoms with E-state index in [-0.39, 0.29) is 39.9 Å². The number of phenolic OH excluding ortho intramolecular Hbond substituents is 5. The Morgan fingerprint density at radius 1 is 0.539 bits per heavy atom. The molecule has 4 aromatic carbocycles. The summed E-state index contributed by atoms with van der Waals surface area (Å²) in [5, 5.41) is 149. The van der Waals surface area contributed by atoms with Crippen molar-refractivity contribution < 1.29 is 124 Å². The summed E-state index contributed by atoms with van der Waals surface area (Å²) in [7, 11) is 0. The Hall–Kier alpha value is -7.08. The maximum atomic E-state index is 12.9. The lowest BCUT2D eigenvalue weighted by atomic mass is 9.97. The van der Waals surface area contributed by atoms with Gasteiger partial charge in [0, 0.05) is 24.3 Å². The van der Waals surface area contributed by atoms with Gasteiger partial charge < -0.3 is 114 Å². The molecule has 4 heterocycles. The summed E-state index contributed by atoms with van der Waals surface area (Å²) in [6.45, 7) is -2.30. The van der Waals surface area contributed by atoms with Crippen molar-refractivity contribution >= 4 is 30.2 Å². The van der Waals surface area contributed by atoms with Crippen molar-refractivity contribution in [1.82, 2.24) is 0 Å². The average molecular weight is 1070 g/mol. The van der Waals surface area contributed by atoms with Crippen LogP contribution in [0.4, 0.5) is 0 Å². The number of phenols is 5. The molecule has 8 rings (SSSR count). The van der Waals surface area contributed by atoms with Gasteiger partial charge in [-0.2, -0.15) is 0 Å². The number of aliphatic hydroxyl groups is 10. The number of hydrogen-bond donors (Lipinski definition) is 14. The molecule has 0 saturated carbocycles. The fraction of sp³-hybridized carbons (Fsp3) is 0.373. The van der Waals surface area contributed by atoms with Gasteiger partial charge in [-0.1, -0.05) is 24.3 Å². The maximum absolute atomic E-state index is 12.9. The van der Waals surface area contributed by atoms with Crippen molar-refractivity contribution in [3.63, 3.8) is 0 Å². The fourth-order valence-corrected chi connectivity index (χ4v) is 8.37. The summed E-state index contributed by atoms with van der Waals surface area (Å²) < 4.78 is 51.2. The van der Waals surface area contributed by atoms with Gasteiger partial charge in [0.15, 0.2) is 29.7 Å². The molecule has 15 N–H and O–H groups in total. The van der Waals surface area contributed by atoms with E-state index in [4.69, 9.17) is 42.6 Å². The molecular formula is C51H55O25+. The third-order valence-electron chi connectivity index (χ3n) is 12.6. The van der Waals surface area contributed by atoms with Crippen LogP contribution in [0.15, 0.2) is 96.8 Å². The van der Waals surface area contributed by atoms with E-state index in [0.717, 1.165) is 30.4 Å². The van der Waals surface area contributed by atoms with Crippen LogP contribution in [-0.2, 0) is 42.7 Å². The highest BCUT2D eigenvalue weighted by atomic mass is 16.8. The number of carbonyl (C=O) groups is 2. The first-order valence-corrected chi connectivity index (χ1v) is 23.4. The molecule has 16 unspecified atom stereocenters. The first-order chi connectivity index (χ1) is 36.3. The van der Waals surface area contributed by atoms with E-state index in [0.29, 0.717) is 11.1 Å². The lowest BCUT2D eigenvalue weighted by Crippen LogP contribution is -2.64. The molecule has 25 heteroatoms. The van der Waals surface area contributed by atoms with Crippen LogP contribution in [0, 0.1) is 0 Å². The van der Waals surface area contributed by atoms with Crippen molar-refractivity contribution in [3.05, 3.63) is 119 Å². The number of carbonyl (C=O) groups excluding carboxylic acids is 2. The second-order valence-corrected chi connectivity index (χ2v) is 17.9. The van der Waals surface area contributed by atoms with Crippen LogP contribution in [0.1, 0.15) is 28.4 Å². The smallest absolute Gasteiger partial charge is 0.330 e. The summed E-state index contributed by atoms with van der Waals surface area (Å²) in [5.41, 5.74) is 1.08. The Morgan fingerprint density at radius 3 is 1.63 bits per heavy atom. The minimum atomic E-state index is -2.12. The molecule has 4 aromatic rings. The molecule has 3 saturated heterocycles.